The van der Waals surface area contributed by atoms with Gasteiger partial charge >= 0.3 is 0 Å². The topological polar surface area (TPSA) is 70.9 Å². The average Bonchev–Trinajstić information content (AvgIpc) is 3.04. The number of amides is 1. The SMILES string of the molecule is CSC1CCC(NC(=O)c2c[nH]c3ccc(N)cc23)C1. The number of benzene rings is 1. The number of carbonyl (C=O) groups excluding carboxylic acids is 1. The van der Waals surface area contributed by atoms with Crippen LogP contribution in [0.2, 0.25) is 0 Å². The van der Waals surface area contributed by atoms with Gasteiger partial charge in [-0.05, 0) is 43.7 Å². The summed E-state index contributed by atoms with van der Waals surface area (Å²) in [7, 11) is 0. The number of carbonyl (C=O) groups is 1. The fourth-order valence-corrected chi connectivity index (χ4v) is 3.67. The summed E-state index contributed by atoms with van der Waals surface area (Å²) >= 11 is 1.89. The zero-order valence-electron chi connectivity index (χ0n) is 11.5. The molecule has 1 aliphatic carbocycles. The summed E-state index contributed by atoms with van der Waals surface area (Å²) < 4.78 is 0. The standard InChI is InChI=1S/C15H19N3OS/c1-20-11-4-3-10(7-11)18-15(19)13-8-17-14-5-2-9(16)6-12(13)14/h2,5-6,8,10-11,17H,3-4,7,16H2,1H3,(H,18,19). The number of hydrogen-bond acceptors (Lipinski definition) is 3. The summed E-state index contributed by atoms with van der Waals surface area (Å²) in [5.74, 6) is -0.00592. The van der Waals surface area contributed by atoms with E-state index in [0.717, 1.165) is 23.7 Å². The molecule has 4 N–H and O–H groups in total. The van der Waals surface area contributed by atoms with Crippen molar-refractivity contribution in [3.05, 3.63) is 30.0 Å². The van der Waals surface area contributed by atoms with Crippen molar-refractivity contribution in [1.29, 1.82) is 0 Å². The zero-order chi connectivity index (χ0) is 14.1. The minimum Gasteiger partial charge on any atom is -0.399 e. The molecule has 1 amide bonds. The van der Waals surface area contributed by atoms with Gasteiger partial charge < -0.3 is 16.0 Å². The first-order chi connectivity index (χ1) is 9.67. The summed E-state index contributed by atoms with van der Waals surface area (Å²) in [4.78, 5) is 15.5. The van der Waals surface area contributed by atoms with Crippen LogP contribution >= 0.6 is 11.8 Å². The van der Waals surface area contributed by atoms with Gasteiger partial charge in [-0.1, -0.05) is 0 Å². The van der Waals surface area contributed by atoms with Gasteiger partial charge in [-0.25, -0.2) is 0 Å². The zero-order valence-corrected chi connectivity index (χ0v) is 12.3. The summed E-state index contributed by atoms with van der Waals surface area (Å²) in [6, 6.07) is 5.88. The van der Waals surface area contributed by atoms with Crippen LogP contribution in [0.3, 0.4) is 0 Å². The molecule has 0 radical (unpaired) electrons. The molecule has 1 aromatic carbocycles. The first-order valence-electron chi connectivity index (χ1n) is 6.87. The van der Waals surface area contributed by atoms with E-state index in [0.29, 0.717) is 22.5 Å². The number of rotatable bonds is 3. The predicted molar refractivity (Wildman–Crippen MR) is 85.1 cm³/mol. The molecule has 1 fully saturated rings. The Hall–Kier alpha value is -1.62. The van der Waals surface area contributed by atoms with Crippen molar-refractivity contribution in [3.8, 4) is 0 Å². The summed E-state index contributed by atoms with van der Waals surface area (Å²) in [5.41, 5.74) is 8.10. The number of fused-ring (bicyclic) bond motifs is 1. The van der Waals surface area contributed by atoms with Gasteiger partial charge in [0, 0.05) is 34.1 Å². The van der Waals surface area contributed by atoms with Crippen molar-refractivity contribution in [2.45, 2.75) is 30.6 Å². The predicted octanol–water partition coefficient (Wildman–Crippen LogP) is 2.76. The van der Waals surface area contributed by atoms with Crippen LogP contribution in [0.4, 0.5) is 5.69 Å². The third-order valence-electron chi connectivity index (χ3n) is 4.00. The number of thioether (sulfide) groups is 1. The molecular weight excluding hydrogens is 270 g/mol. The third-order valence-corrected chi connectivity index (χ3v) is 5.10. The fraction of sp³-hybridized carbons (Fsp3) is 0.400. The molecule has 5 heteroatoms. The number of H-pyrrole nitrogens is 1. The number of aromatic amines is 1. The molecule has 0 spiro atoms. The lowest BCUT2D eigenvalue weighted by Crippen LogP contribution is -2.32. The number of aromatic nitrogens is 1. The molecule has 0 aliphatic heterocycles. The third kappa shape index (κ3) is 2.50. The minimum absolute atomic E-state index is 0.00592. The summed E-state index contributed by atoms with van der Waals surface area (Å²) in [5, 5.41) is 4.71. The molecule has 0 saturated heterocycles. The number of nitrogens with one attached hydrogen (secondary N) is 2. The molecule has 2 unspecified atom stereocenters. The highest BCUT2D eigenvalue weighted by Crippen LogP contribution is 2.29. The number of hydrogen-bond donors (Lipinski definition) is 3. The second-order valence-corrected chi connectivity index (χ2v) is 6.49. The van der Waals surface area contributed by atoms with Crippen LogP contribution in [0.5, 0.6) is 0 Å². The maximum absolute atomic E-state index is 12.4. The first kappa shape index (κ1) is 13.4. The maximum Gasteiger partial charge on any atom is 0.253 e. The summed E-state index contributed by atoms with van der Waals surface area (Å²) in [6.45, 7) is 0. The van der Waals surface area contributed by atoms with E-state index >= 15 is 0 Å². The van der Waals surface area contributed by atoms with Gasteiger partial charge in [0.2, 0.25) is 0 Å². The molecule has 20 heavy (non-hydrogen) atoms. The monoisotopic (exact) mass is 289 g/mol. The van der Waals surface area contributed by atoms with Crippen molar-refractivity contribution in [2.24, 2.45) is 0 Å². The smallest absolute Gasteiger partial charge is 0.253 e. The van der Waals surface area contributed by atoms with Gasteiger partial charge in [0.05, 0.1) is 5.56 Å². The molecule has 2 atom stereocenters. The van der Waals surface area contributed by atoms with Gasteiger partial charge in [0.15, 0.2) is 0 Å². The van der Waals surface area contributed by atoms with Crippen molar-refractivity contribution in [2.75, 3.05) is 12.0 Å². The Bertz CT molecular complexity index is 637. The molecule has 1 saturated carbocycles. The van der Waals surface area contributed by atoms with Crippen LogP contribution in [0.25, 0.3) is 10.9 Å². The van der Waals surface area contributed by atoms with E-state index in [4.69, 9.17) is 5.73 Å². The van der Waals surface area contributed by atoms with E-state index < -0.39 is 0 Å². The van der Waals surface area contributed by atoms with E-state index in [1.165, 1.54) is 6.42 Å². The Morgan fingerprint density at radius 2 is 2.30 bits per heavy atom. The second-order valence-electron chi connectivity index (χ2n) is 5.35. The van der Waals surface area contributed by atoms with Gasteiger partial charge in [-0.2, -0.15) is 11.8 Å². The van der Waals surface area contributed by atoms with E-state index in [1.807, 2.05) is 30.0 Å². The van der Waals surface area contributed by atoms with Crippen LogP contribution < -0.4 is 11.1 Å². The molecule has 1 aromatic heterocycles. The summed E-state index contributed by atoms with van der Waals surface area (Å²) in [6.07, 6.45) is 7.23. The Morgan fingerprint density at radius 1 is 1.45 bits per heavy atom. The highest BCUT2D eigenvalue weighted by atomic mass is 32.2. The maximum atomic E-state index is 12.4. The number of nitrogen functional groups attached to an aromatic ring is 1. The fourth-order valence-electron chi connectivity index (χ4n) is 2.87. The normalized spacial score (nSPS) is 22.2. The number of nitrogens with two attached hydrogens (primary N) is 1. The number of anilines is 1. The van der Waals surface area contributed by atoms with Crippen molar-refractivity contribution in [3.63, 3.8) is 0 Å². The Labute approximate surface area is 122 Å². The van der Waals surface area contributed by atoms with Gasteiger partial charge in [-0.3, -0.25) is 4.79 Å². The van der Waals surface area contributed by atoms with E-state index in [1.54, 1.807) is 6.20 Å². The molecule has 3 rings (SSSR count). The Kier molecular flexibility index (Phi) is 3.61. The first-order valence-corrected chi connectivity index (χ1v) is 8.16. The van der Waals surface area contributed by atoms with Crippen LogP contribution in [-0.2, 0) is 0 Å². The Balaban J connectivity index is 1.77. The van der Waals surface area contributed by atoms with Crippen molar-refractivity contribution < 1.29 is 4.79 Å². The average molecular weight is 289 g/mol. The highest BCUT2D eigenvalue weighted by Gasteiger charge is 2.26. The lowest BCUT2D eigenvalue weighted by atomic mass is 10.1. The molecule has 0 bridgehead atoms. The van der Waals surface area contributed by atoms with Gasteiger partial charge in [-0.15, -0.1) is 0 Å². The quantitative estimate of drug-likeness (QED) is 0.761. The highest BCUT2D eigenvalue weighted by molar-refractivity contribution is 7.99. The largest absolute Gasteiger partial charge is 0.399 e. The Morgan fingerprint density at radius 3 is 3.05 bits per heavy atom. The van der Waals surface area contributed by atoms with Crippen LogP contribution in [-0.4, -0.2) is 28.4 Å². The van der Waals surface area contributed by atoms with Crippen LogP contribution in [0, 0.1) is 0 Å². The van der Waals surface area contributed by atoms with E-state index in [9.17, 15) is 4.79 Å². The lowest BCUT2D eigenvalue weighted by Gasteiger charge is -2.12. The second kappa shape index (κ2) is 5.40. The van der Waals surface area contributed by atoms with Gasteiger partial charge in [0.1, 0.15) is 0 Å². The van der Waals surface area contributed by atoms with Crippen molar-refractivity contribution in [1.82, 2.24) is 10.3 Å². The van der Waals surface area contributed by atoms with Crippen molar-refractivity contribution >= 4 is 34.3 Å². The molecule has 2 aromatic rings. The molecule has 4 nitrogen and oxygen atoms in total. The molecule has 106 valence electrons. The molecule has 1 aliphatic rings. The van der Waals surface area contributed by atoms with Gasteiger partial charge in [0.25, 0.3) is 5.91 Å². The van der Waals surface area contributed by atoms with E-state index in [2.05, 4.69) is 16.6 Å². The molecular formula is C15H19N3OS. The van der Waals surface area contributed by atoms with Crippen LogP contribution in [0.1, 0.15) is 29.6 Å². The molecule has 1 heterocycles. The van der Waals surface area contributed by atoms with Crippen LogP contribution in [0.15, 0.2) is 24.4 Å². The minimum atomic E-state index is -0.00592. The van der Waals surface area contributed by atoms with E-state index in [-0.39, 0.29) is 5.91 Å². The lowest BCUT2D eigenvalue weighted by molar-refractivity contribution is 0.0939.